The Hall–Kier alpha value is -0.710. The summed E-state index contributed by atoms with van der Waals surface area (Å²) in [5, 5.41) is 0.429. The van der Waals surface area contributed by atoms with Crippen LogP contribution in [0.2, 0.25) is 5.02 Å². The van der Waals surface area contributed by atoms with E-state index in [0.717, 1.165) is 0 Å². The number of hydrogen-bond acceptors (Lipinski definition) is 2. The topological polar surface area (TPSA) is 29.3 Å². The first-order valence-corrected chi connectivity index (χ1v) is 6.15. The highest BCUT2D eigenvalue weighted by Gasteiger charge is 2.15. The van der Waals surface area contributed by atoms with Crippen molar-refractivity contribution in [3.8, 4) is 0 Å². The molecule has 2 N–H and O–H groups in total. The van der Waals surface area contributed by atoms with Crippen LogP contribution >= 0.6 is 23.8 Å². The van der Waals surface area contributed by atoms with Gasteiger partial charge in [-0.25, -0.2) is 4.39 Å². The Morgan fingerprint density at radius 3 is 2.65 bits per heavy atom. The molecule has 0 aliphatic carbocycles. The monoisotopic (exact) mass is 274 g/mol. The van der Waals surface area contributed by atoms with Crippen LogP contribution < -0.4 is 5.73 Å². The standard InChI is InChI=1S/C12H16ClFN2S/c1-8(2)16(7-12(15)17)6-9-10(13)4-3-5-11(9)14/h3-5,8H,6-7H2,1-2H3,(H2,15,17). The zero-order valence-corrected chi connectivity index (χ0v) is 11.5. The predicted octanol–water partition coefficient (Wildman–Crippen LogP) is 2.98. The second-order valence-electron chi connectivity index (χ2n) is 4.17. The third kappa shape index (κ3) is 4.22. The molecule has 0 radical (unpaired) electrons. The molecule has 0 saturated carbocycles. The van der Waals surface area contributed by atoms with E-state index in [2.05, 4.69) is 0 Å². The summed E-state index contributed by atoms with van der Waals surface area (Å²) in [5.41, 5.74) is 6.01. The van der Waals surface area contributed by atoms with Gasteiger partial charge in [0.25, 0.3) is 0 Å². The SMILES string of the molecule is CC(C)N(CC(N)=S)Cc1c(F)cccc1Cl. The van der Waals surface area contributed by atoms with Gasteiger partial charge in [-0.2, -0.15) is 0 Å². The maximum Gasteiger partial charge on any atom is 0.129 e. The number of thiocarbonyl (C=S) groups is 1. The van der Waals surface area contributed by atoms with Crippen molar-refractivity contribution in [1.29, 1.82) is 0 Å². The summed E-state index contributed by atoms with van der Waals surface area (Å²) < 4.78 is 13.6. The Labute approximate surface area is 112 Å². The van der Waals surface area contributed by atoms with Crippen LogP contribution in [0.25, 0.3) is 0 Å². The molecule has 0 unspecified atom stereocenters. The molecule has 17 heavy (non-hydrogen) atoms. The molecule has 94 valence electrons. The van der Waals surface area contributed by atoms with Gasteiger partial charge in [0.05, 0.1) is 4.99 Å². The number of nitrogens with zero attached hydrogens (tertiary/aromatic N) is 1. The van der Waals surface area contributed by atoms with Crippen molar-refractivity contribution < 1.29 is 4.39 Å². The third-order valence-electron chi connectivity index (χ3n) is 2.51. The number of benzene rings is 1. The summed E-state index contributed by atoms with van der Waals surface area (Å²) in [7, 11) is 0. The minimum absolute atomic E-state index is 0.215. The first-order valence-electron chi connectivity index (χ1n) is 5.37. The fraction of sp³-hybridized carbons (Fsp3) is 0.417. The van der Waals surface area contributed by atoms with Crippen molar-refractivity contribution in [2.75, 3.05) is 6.54 Å². The van der Waals surface area contributed by atoms with Crippen LogP contribution in [0.3, 0.4) is 0 Å². The largest absolute Gasteiger partial charge is 0.392 e. The molecule has 0 aliphatic rings. The molecule has 5 heteroatoms. The quantitative estimate of drug-likeness (QED) is 0.837. The summed E-state index contributed by atoms with van der Waals surface area (Å²) in [4.78, 5) is 2.37. The molecule has 1 aromatic carbocycles. The minimum Gasteiger partial charge on any atom is -0.392 e. The average Bonchev–Trinajstić information content (AvgIpc) is 2.21. The second-order valence-corrected chi connectivity index (χ2v) is 5.10. The summed E-state index contributed by atoms with van der Waals surface area (Å²) in [6.07, 6.45) is 0. The summed E-state index contributed by atoms with van der Waals surface area (Å²) in [6.45, 7) is 4.87. The number of halogens is 2. The van der Waals surface area contributed by atoms with Crippen LogP contribution in [0.4, 0.5) is 4.39 Å². The molecule has 0 fully saturated rings. The Bertz CT molecular complexity index is 389. The van der Waals surface area contributed by atoms with Crippen molar-refractivity contribution in [2.24, 2.45) is 5.73 Å². The second kappa shape index (κ2) is 6.28. The highest BCUT2D eigenvalue weighted by Crippen LogP contribution is 2.21. The summed E-state index contributed by atoms with van der Waals surface area (Å²) in [5.74, 6) is -0.300. The zero-order valence-electron chi connectivity index (χ0n) is 9.91. The summed E-state index contributed by atoms with van der Waals surface area (Å²) >= 11 is 10.9. The number of hydrogen-bond donors (Lipinski definition) is 1. The average molecular weight is 275 g/mol. The zero-order chi connectivity index (χ0) is 13.0. The van der Waals surface area contributed by atoms with E-state index in [0.29, 0.717) is 28.7 Å². The predicted molar refractivity (Wildman–Crippen MR) is 73.7 cm³/mol. The molecular weight excluding hydrogens is 259 g/mol. The van der Waals surface area contributed by atoms with E-state index in [1.54, 1.807) is 12.1 Å². The molecule has 0 heterocycles. The molecule has 2 nitrogen and oxygen atoms in total. The van der Waals surface area contributed by atoms with Crippen LogP contribution in [-0.4, -0.2) is 22.5 Å². The minimum atomic E-state index is -0.300. The Kier molecular flexibility index (Phi) is 5.31. The highest BCUT2D eigenvalue weighted by molar-refractivity contribution is 7.80. The van der Waals surface area contributed by atoms with Crippen molar-refractivity contribution in [1.82, 2.24) is 4.90 Å². The van der Waals surface area contributed by atoms with Crippen molar-refractivity contribution >= 4 is 28.8 Å². The van der Waals surface area contributed by atoms with Crippen molar-refractivity contribution in [3.63, 3.8) is 0 Å². The lowest BCUT2D eigenvalue weighted by atomic mass is 10.1. The fourth-order valence-electron chi connectivity index (χ4n) is 1.51. The van der Waals surface area contributed by atoms with Gasteiger partial charge in [-0.05, 0) is 26.0 Å². The maximum absolute atomic E-state index is 13.6. The normalized spacial score (nSPS) is 11.2. The fourth-order valence-corrected chi connectivity index (χ4v) is 1.90. The van der Waals surface area contributed by atoms with E-state index >= 15 is 0 Å². The van der Waals surface area contributed by atoms with Gasteiger partial charge >= 0.3 is 0 Å². The molecule has 0 atom stereocenters. The van der Waals surface area contributed by atoms with Gasteiger partial charge in [0.1, 0.15) is 5.82 Å². The van der Waals surface area contributed by atoms with Crippen molar-refractivity contribution in [3.05, 3.63) is 34.6 Å². The van der Waals surface area contributed by atoms with E-state index in [4.69, 9.17) is 29.6 Å². The van der Waals surface area contributed by atoms with Gasteiger partial charge in [0.2, 0.25) is 0 Å². The molecule has 1 aromatic rings. The molecule has 0 aromatic heterocycles. The number of nitrogens with two attached hydrogens (primary N) is 1. The molecule has 0 spiro atoms. The lowest BCUT2D eigenvalue weighted by Gasteiger charge is -2.26. The number of rotatable bonds is 5. The van der Waals surface area contributed by atoms with E-state index in [9.17, 15) is 4.39 Å². The van der Waals surface area contributed by atoms with Gasteiger partial charge < -0.3 is 5.73 Å². The van der Waals surface area contributed by atoms with Gasteiger partial charge in [-0.15, -0.1) is 0 Å². The van der Waals surface area contributed by atoms with Crippen LogP contribution in [0, 0.1) is 5.82 Å². The van der Waals surface area contributed by atoms with E-state index in [1.807, 2.05) is 18.7 Å². The molecular formula is C12H16ClFN2S. The molecule has 0 amide bonds. The van der Waals surface area contributed by atoms with Gasteiger partial charge in [-0.3, -0.25) is 4.90 Å². The smallest absolute Gasteiger partial charge is 0.129 e. The Morgan fingerprint density at radius 2 is 2.18 bits per heavy atom. The van der Waals surface area contributed by atoms with Gasteiger partial charge in [0, 0.05) is 29.7 Å². The van der Waals surface area contributed by atoms with Crippen molar-refractivity contribution in [2.45, 2.75) is 26.4 Å². The van der Waals surface area contributed by atoms with E-state index in [1.165, 1.54) is 6.07 Å². The Balaban J connectivity index is 2.89. The van der Waals surface area contributed by atoms with E-state index < -0.39 is 0 Å². The lowest BCUT2D eigenvalue weighted by molar-refractivity contribution is 0.242. The third-order valence-corrected chi connectivity index (χ3v) is 3.00. The first-order chi connectivity index (χ1) is 7.91. The first kappa shape index (κ1) is 14.4. The molecule has 1 rings (SSSR count). The van der Waals surface area contributed by atoms with Crippen LogP contribution in [0.15, 0.2) is 18.2 Å². The molecule has 0 aliphatic heterocycles. The highest BCUT2D eigenvalue weighted by atomic mass is 35.5. The summed E-state index contributed by atoms with van der Waals surface area (Å²) in [6, 6.07) is 4.89. The van der Waals surface area contributed by atoms with Crippen LogP contribution in [0.5, 0.6) is 0 Å². The Morgan fingerprint density at radius 1 is 1.53 bits per heavy atom. The van der Waals surface area contributed by atoms with Crippen LogP contribution in [0.1, 0.15) is 19.4 Å². The van der Waals surface area contributed by atoms with E-state index in [-0.39, 0.29) is 11.9 Å². The van der Waals surface area contributed by atoms with Gasteiger partial charge in [-0.1, -0.05) is 29.9 Å². The molecule has 0 saturated heterocycles. The lowest BCUT2D eigenvalue weighted by Crippen LogP contribution is -2.37. The van der Waals surface area contributed by atoms with Gasteiger partial charge in [0.15, 0.2) is 0 Å². The van der Waals surface area contributed by atoms with Crippen LogP contribution in [-0.2, 0) is 6.54 Å². The maximum atomic E-state index is 13.6. The molecule has 0 bridgehead atoms.